The van der Waals surface area contributed by atoms with Crippen molar-refractivity contribution in [3.8, 4) is 6.07 Å². The molecule has 13 heteroatoms. The lowest BCUT2D eigenvalue weighted by atomic mass is 9.88. The van der Waals surface area contributed by atoms with E-state index in [1.807, 2.05) is 0 Å². The van der Waals surface area contributed by atoms with E-state index in [0.29, 0.717) is 34.9 Å². The van der Waals surface area contributed by atoms with Crippen LogP contribution in [0.5, 0.6) is 0 Å². The molecular formula is C30H34F3N6O4+. The van der Waals surface area contributed by atoms with Crippen LogP contribution in [0.2, 0.25) is 0 Å². The molecule has 2 aromatic carbocycles. The SMILES string of the molecule is COC(=O)C1=C(C)N(c2cccc(C(F)(F)F)c2)c2n[nH]c(=O)n2[C@@H]1c1ccc(C#N)cc1CCC[N+](C)(C)CCCO. The summed E-state index contributed by atoms with van der Waals surface area (Å²) in [6.07, 6.45) is -2.75. The fraction of sp³-hybridized carbons (Fsp3) is 0.400. The van der Waals surface area contributed by atoms with E-state index in [9.17, 15) is 33.1 Å². The molecule has 43 heavy (non-hydrogen) atoms. The maximum atomic E-state index is 13.6. The Morgan fingerprint density at radius 2 is 1.91 bits per heavy atom. The molecule has 10 nitrogen and oxygen atoms in total. The second kappa shape index (κ2) is 12.4. The number of hydrogen-bond donors (Lipinski definition) is 2. The van der Waals surface area contributed by atoms with Crippen LogP contribution in [0, 0.1) is 11.3 Å². The van der Waals surface area contributed by atoms with Crippen molar-refractivity contribution >= 4 is 17.6 Å². The Hall–Kier alpha value is -4.41. The number of nitriles is 1. The Morgan fingerprint density at radius 3 is 2.56 bits per heavy atom. The number of alkyl halides is 3. The molecule has 1 aromatic heterocycles. The maximum absolute atomic E-state index is 13.6. The van der Waals surface area contributed by atoms with Crippen molar-refractivity contribution in [3.63, 3.8) is 0 Å². The molecule has 0 spiro atoms. The summed E-state index contributed by atoms with van der Waals surface area (Å²) < 4.78 is 47.8. The smallest absolute Gasteiger partial charge is 0.416 e. The van der Waals surface area contributed by atoms with Gasteiger partial charge in [-0.3, -0.25) is 4.90 Å². The van der Waals surface area contributed by atoms with E-state index >= 15 is 0 Å². The third-order valence-electron chi connectivity index (χ3n) is 7.68. The zero-order valence-corrected chi connectivity index (χ0v) is 24.4. The minimum atomic E-state index is -4.62. The van der Waals surface area contributed by atoms with Gasteiger partial charge in [0.05, 0.1) is 57.1 Å². The van der Waals surface area contributed by atoms with E-state index in [4.69, 9.17) is 4.74 Å². The average Bonchev–Trinajstić information content (AvgIpc) is 3.35. The number of aromatic amines is 1. The third-order valence-corrected chi connectivity index (χ3v) is 7.68. The van der Waals surface area contributed by atoms with Gasteiger partial charge < -0.3 is 14.3 Å². The number of esters is 1. The predicted octanol–water partition coefficient (Wildman–Crippen LogP) is 4.04. The zero-order valence-electron chi connectivity index (χ0n) is 24.4. The molecule has 0 aliphatic carbocycles. The number of H-pyrrole nitrogens is 1. The lowest BCUT2D eigenvalue weighted by Crippen LogP contribution is -2.41. The van der Waals surface area contributed by atoms with E-state index < -0.39 is 29.4 Å². The highest BCUT2D eigenvalue weighted by Crippen LogP contribution is 2.43. The fourth-order valence-electron chi connectivity index (χ4n) is 5.55. The fourth-order valence-corrected chi connectivity index (χ4v) is 5.55. The van der Waals surface area contributed by atoms with Crippen molar-refractivity contribution in [1.82, 2.24) is 14.8 Å². The molecule has 228 valence electrons. The van der Waals surface area contributed by atoms with Crippen LogP contribution in [0.4, 0.5) is 24.8 Å². The van der Waals surface area contributed by atoms with Gasteiger partial charge in [0, 0.05) is 30.8 Å². The second-order valence-corrected chi connectivity index (χ2v) is 11.1. The molecule has 2 heterocycles. The molecule has 2 N–H and O–H groups in total. The van der Waals surface area contributed by atoms with Crippen LogP contribution in [0.3, 0.4) is 0 Å². The Bertz CT molecular complexity index is 1630. The summed E-state index contributed by atoms with van der Waals surface area (Å²) in [5.74, 6) is -0.771. The first-order chi connectivity index (χ1) is 20.3. The minimum Gasteiger partial charge on any atom is -0.466 e. The van der Waals surface area contributed by atoms with E-state index in [-0.39, 0.29) is 29.5 Å². The molecule has 1 atom stereocenters. The van der Waals surface area contributed by atoms with Gasteiger partial charge in [-0.1, -0.05) is 12.1 Å². The minimum absolute atomic E-state index is 0.00316. The number of fused-ring (bicyclic) bond motifs is 1. The number of nitrogens with zero attached hydrogens (tertiary/aromatic N) is 5. The van der Waals surface area contributed by atoms with Crippen LogP contribution < -0.4 is 10.6 Å². The number of quaternary nitrogens is 1. The van der Waals surface area contributed by atoms with Crippen molar-refractivity contribution in [2.24, 2.45) is 0 Å². The summed E-state index contributed by atoms with van der Waals surface area (Å²) in [5, 5.41) is 25.4. The Labute approximate surface area is 246 Å². The summed E-state index contributed by atoms with van der Waals surface area (Å²) in [6, 6.07) is 10.6. The number of ether oxygens (including phenoxy) is 1. The number of halogens is 3. The molecule has 0 fully saturated rings. The standard InChI is InChI=1S/C30H33F3N6O4/c1-19-25(27(41)43-4)26(24-12-11-20(18-34)16-21(24)8-6-13-39(2,3)14-7-15-40)38-28(35-36-29(38)42)37(19)23-10-5-9-22(17-23)30(31,32)33/h5,9-12,16-17,26,40H,6-8,13-15H2,1-4H3/p+1/t26-/m1/s1. The number of allylic oxidation sites excluding steroid dienone is 1. The summed E-state index contributed by atoms with van der Waals surface area (Å²) in [5.41, 5.74) is 0.437. The van der Waals surface area contributed by atoms with Crippen LogP contribution >= 0.6 is 0 Å². The van der Waals surface area contributed by atoms with Gasteiger partial charge in [0.1, 0.15) is 6.04 Å². The molecule has 4 rings (SSSR count). The number of anilines is 2. The first-order valence-electron chi connectivity index (χ1n) is 13.7. The topological polar surface area (TPSA) is 124 Å². The Kier molecular flexibility index (Phi) is 9.12. The highest BCUT2D eigenvalue weighted by atomic mass is 19.4. The first kappa shape index (κ1) is 31.5. The van der Waals surface area contributed by atoms with Crippen LogP contribution in [-0.2, 0) is 22.1 Å². The molecule has 1 aliphatic rings. The highest BCUT2D eigenvalue weighted by molar-refractivity contribution is 5.93. The van der Waals surface area contributed by atoms with Gasteiger partial charge in [-0.05, 0) is 54.8 Å². The molecule has 0 saturated carbocycles. The highest BCUT2D eigenvalue weighted by Gasteiger charge is 2.41. The van der Waals surface area contributed by atoms with E-state index in [1.54, 1.807) is 25.1 Å². The summed E-state index contributed by atoms with van der Waals surface area (Å²) in [6.45, 7) is 3.20. The van der Waals surface area contributed by atoms with Gasteiger partial charge >= 0.3 is 17.8 Å². The number of aromatic nitrogens is 3. The van der Waals surface area contributed by atoms with Crippen molar-refractivity contribution in [3.05, 3.63) is 86.5 Å². The molecular weight excluding hydrogens is 565 g/mol. The van der Waals surface area contributed by atoms with Crippen LogP contribution in [0.25, 0.3) is 0 Å². The Morgan fingerprint density at radius 1 is 1.19 bits per heavy atom. The van der Waals surface area contributed by atoms with E-state index in [0.717, 1.165) is 30.8 Å². The number of aliphatic hydroxyl groups excluding tert-OH is 1. The molecule has 0 saturated heterocycles. The summed E-state index contributed by atoms with van der Waals surface area (Å²) in [7, 11) is 5.31. The molecule has 0 unspecified atom stereocenters. The number of hydrogen-bond acceptors (Lipinski definition) is 7. The monoisotopic (exact) mass is 599 g/mol. The third kappa shape index (κ3) is 6.50. The molecule has 0 amide bonds. The van der Waals surface area contributed by atoms with Crippen LogP contribution in [0.15, 0.2) is 58.5 Å². The molecule has 1 aliphatic heterocycles. The summed E-state index contributed by atoms with van der Waals surface area (Å²) >= 11 is 0. The van der Waals surface area contributed by atoms with E-state index in [2.05, 4.69) is 30.4 Å². The van der Waals surface area contributed by atoms with Crippen LogP contribution in [-0.4, -0.2) is 71.2 Å². The molecule has 3 aromatic rings. The number of aliphatic hydroxyl groups is 1. The number of rotatable bonds is 10. The van der Waals surface area contributed by atoms with Crippen molar-refractivity contribution < 1.29 is 32.3 Å². The normalized spacial score (nSPS) is 15.3. The predicted molar refractivity (Wildman–Crippen MR) is 152 cm³/mol. The number of methoxy groups -OCH3 is 1. The zero-order chi connectivity index (χ0) is 31.5. The first-order valence-corrected chi connectivity index (χ1v) is 13.7. The average molecular weight is 600 g/mol. The van der Waals surface area contributed by atoms with Crippen molar-refractivity contribution in [2.75, 3.05) is 45.8 Å². The van der Waals surface area contributed by atoms with Gasteiger partial charge in [-0.15, -0.1) is 5.10 Å². The lowest BCUT2D eigenvalue weighted by molar-refractivity contribution is -0.890. The number of nitrogens with one attached hydrogen (secondary N) is 1. The lowest BCUT2D eigenvalue weighted by Gasteiger charge is -2.36. The van der Waals surface area contributed by atoms with Gasteiger partial charge in [0.2, 0.25) is 5.95 Å². The van der Waals surface area contributed by atoms with E-state index in [1.165, 1.54) is 28.7 Å². The molecule has 0 bridgehead atoms. The number of benzene rings is 2. The van der Waals surface area contributed by atoms with Crippen molar-refractivity contribution in [2.45, 2.75) is 38.4 Å². The largest absolute Gasteiger partial charge is 0.466 e. The quantitative estimate of drug-likeness (QED) is 0.266. The summed E-state index contributed by atoms with van der Waals surface area (Å²) in [4.78, 5) is 28.0. The van der Waals surface area contributed by atoms with Gasteiger partial charge in [-0.25, -0.2) is 19.3 Å². The maximum Gasteiger partial charge on any atom is 0.416 e. The number of aryl methyl sites for hydroxylation is 1. The van der Waals surface area contributed by atoms with Gasteiger partial charge in [-0.2, -0.15) is 18.4 Å². The van der Waals surface area contributed by atoms with Crippen LogP contribution in [0.1, 0.15) is 48.1 Å². The second-order valence-electron chi connectivity index (χ2n) is 11.1. The van der Waals surface area contributed by atoms with Gasteiger partial charge in [0.15, 0.2) is 0 Å². The van der Waals surface area contributed by atoms with Gasteiger partial charge in [0.25, 0.3) is 0 Å². The number of carbonyl (C=O) groups is 1. The Balaban J connectivity index is 1.88. The van der Waals surface area contributed by atoms with Crippen molar-refractivity contribution in [1.29, 1.82) is 5.26 Å². The molecule has 0 radical (unpaired) electrons. The number of carbonyl (C=O) groups excluding carboxylic acids is 1.